The largest absolute Gasteiger partial charge is 0.407 e. The Morgan fingerprint density at radius 2 is 1.46 bits per heavy atom. The second-order valence-electron chi connectivity index (χ2n) is 14.2. The van der Waals surface area contributed by atoms with Crippen LogP contribution in [0.15, 0.2) is 102 Å². The quantitative estimate of drug-likeness (QED) is 0.120. The molecule has 2 unspecified atom stereocenters. The minimum Gasteiger partial charge on any atom is -0.407 e. The van der Waals surface area contributed by atoms with E-state index in [1.165, 1.54) is 10.4 Å². The fourth-order valence-corrected chi connectivity index (χ4v) is 12.0. The van der Waals surface area contributed by atoms with Crippen molar-refractivity contribution in [2.75, 3.05) is 13.7 Å². The van der Waals surface area contributed by atoms with E-state index in [1.54, 1.807) is 31.5 Å². The van der Waals surface area contributed by atoms with Crippen molar-refractivity contribution >= 4 is 45.5 Å². The van der Waals surface area contributed by atoms with E-state index in [9.17, 15) is 8.78 Å². The second kappa shape index (κ2) is 14.3. The highest BCUT2D eigenvalue weighted by Gasteiger charge is 2.51. The van der Waals surface area contributed by atoms with Crippen LogP contribution in [0.25, 0.3) is 22.2 Å². The van der Waals surface area contributed by atoms with Gasteiger partial charge in [0.1, 0.15) is 0 Å². The van der Waals surface area contributed by atoms with Gasteiger partial charge in [-0.1, -0.05) is 111 Å². The number of pyridine rings is 1. The SMILES string of the molecule is COC(C)c1ncccc1-c1c(CC(C)(C)CO[Si](c2ccccc2)(c2ccccc2)C(C)(C)C)c2cc(Br)ccc2n1C(F)C(F)F. The Balaban J connectivity index is 1.69. The van der Waals surface area contributed by atoms with E-state index >= 15 is 4.39 Å². The summed E-state index contributed by atoms with van der Waals surface area (Å²) in [4.78, 5) is 4.58. The summed E-state index contributed by atoms with van der Waals surface area (Å²) in [5.74, 6) is 0. The molecular weight excluding hydrogens is 693 g/mol. The third-order valence-corrected chi connectivity index (χ3v) is 14.6. The van der Waals surface area contributed by atoms with Crippen molar-refractivity contribution < 1.29 is 22.3 Å². The zero-order valence-electron chi connectivity index (χ0n) is 28.6. The van der Waals surface area contributed by atoms with Crippen LogP contribution in [0.3, 0.4) is 0 Å². The maximum Gasteiger partial charge on any atom is 0.288 e. The van der Waals surface area contributed by atoms with Gasteiger partial charge in [-0.15, -0.1) is 0 Å². The zero-order valence-corrected chi connectivity index (χ0v) is 31.2. The van der Waals surface area contributed by atoms with Crippen molar-refractivity contribution in [2.45, 2.75) is 71.8 Å². The molecule has 0 aliphatic rings. The summed E-state index contributed by atoms with van der Waals surface area (Å²) in [6.45, 7) is 13.2. The van der Waals surface area contributed by atoms with Gasteiger partial charge >= 0.3 is 0 Å². The number of hydrogen-bond acceptors (Lipinski definition) is 3. The summed E-state index contributed by atoms with van der Waals surface area (Å²) in [5, 5.41) is 2.82. The fraction of sp³-hybridized carbons (Fsp3) is 0.359. The molecule has 2 heterocycles. The lowest BCUT2D eigenvalue weighted by molar-refractivity contribution is 0.0114. The van der Waals surface area contributed by atoms with Crippen molar-refractivity contribution in [1.29, 1.82) is 0 Å². The van der Waals surface area contributed by atoms with Gasteiger partial charge in [-0.3, -0.25) is 4.98 Å². The van der Waals surface area contributed by atoms with E-state index in [2.05, 4.69) is 104 Å². The van der Waals surface area contributed by atoms with Gasteiger partial charge in [-0.2, -0.15) is 0 Å². The highest BCUT2D eigenvalue weighted by atomic mass is 79.9. The molecule has 5 aromatic rings. The summed E-state index contributed by atoms with van der Waals surface area (Å²) in [6.07, 6.45) is -4.20. The zero-order chi connectivity index (χ0) is 34.9. The highest BCUT2D eigenvalue weighted by molar-refractivity contribution is 9.10. The van der Waals surface area contributed by atoms with Crippen molar-refractivity contribution in [3.8, 4) is 11.3 Å². The van der Waals surface area contributed by atoms with Gasteiger partial charge in [0.05, 0.1) is 23.0 Å². The summed E-state index contributed by atoms with van der Waals surface area (Å²) in [6, 6.07) is 29.8. The van der Waals surface area contributed by atoms with Crippen LogP contribution in [0, 0.1) is 5.41 Å². The molecule has 48 heavy (non-hydrogen) atoms. The van der Waals surface area contributed by atoms with Crippen LogP contribution in [-0.4, -0.2) is 38.0 Å². The Morgan fingerprint density at radius 1 is 0.854 bits per heavy atom. The van der Waals surface area contributed by atoms with Gasteiger partial charge in [-0.05, 0) is 70.1 Å². The molecule has 0 N–H and O–H groups in total. The molecule has 3 aromatic carbocycles. The average molecular weight is 738 g/mol. The summed E-state index contributed by atoms with van der Waals surface area (Å²) in [5.41, 5.74) is 2.12. The van der Waals surface area contributed by atoms with Gasteiger partial charge in [0.15, 0.2) is 0 Å². The van der Waals surface area contributed by atoms with E-state index in [-0.39, 0.29) is 5.04 Å². The van der Waals surface area contributed by atoms with Crippen LogP contribution in [0.2, 0.25) is 5.04 Å². The Bertz CT molecular complexity index is 1800. The van der Waals surface area contributed by atoms with Crippen LogP contribution in [-0.2, 0) is 15.6 Å². The minimum atomic E-state index is -3.23. The van der Waals surface area contributed by atoms with Gasteiger partial charge in [0.2, 0.25) is 6.30 Å². The molecule has 0 aliphatic carbocycles. The van der Waals surface area contributed by atoms with Gasteiger partial charge < -0.3 is 13.7 Å². The third kappa shape index (κ3) is 6.93. The van der Waals surface area contributed by atoms with E-state index in [0.29, 0.717) is 40.9 Å². The van der Waals surface area contributed by atoms with Gasteiger partial charge in [-0.25, -0.2) is 13.2 Å². The number of rotatable bonds is 12. The Labute approximate surface area is 291 Å². The standard InChI is InChI=1S/C39H44BrF3N2O2Si/c1-26(46-7)34-30(19-14-22-44-34)35-32(31-23-27(40)20-21-33(31)45(35)37(43)36(41)42)24-39(5,6)25-47-48(38(2,3)4,28-15-10-8-11-16-28)29-17-12-9-13-18-29/h8-23,26,36-37H,24-25H2,1-7H3. The number of methoxy groups -OCH3 is 1. The normalized spacial score (nSPS) is 14.1. The molecule has 0 bridgehead atoms. The molecule has 0 amide bonds. The van der Waals surface area contributed by atoms with E-state index < -0.39 is 32.6 Å². The van der Waals surface area contributed by atoms with Crippen molar-refractivity contribution in [3.05, 3.63) is 113 Å². The number of halogens is 4. The monoisotopic (exact) mass is 736 g/mol. The minimum absolute atomic E-state index is 0.225. The third-order valence-electron chi connectivity index (χ3n) is 9.11. The predicted molar refractivity (Wildman–Crippen MR) is 195 cm³/mol. The highest BCUT2D eigenvalue weighted by Crippen LogP contribution is 2.45. The van der Waals surface area contributed by atoms with Crippen molar-refractivity contribution in [1.82, 2.24) is 9.55 Å². The average Bonchev–Trinajstić information content (AvgIpc) is 3.36. The molecule has 0 spiro atoms. The number of ether oxygens (including phenoxy) is 1. The van der Waals surface area contributed by atoms with Crippen LogP contribution < -0.4 is 10.4 Å². The molecule has 2 aromatic heterocycles. The van der Waals surface area contributed by atoms with E-state index in [1.807, 2.05) is 31.2 Å². The van der Waals surface area contributed by atoms with Crippen molar-refractivity contribution in [3.63, 3.8) is 0 Å². The second-order valence-corrected chi connectivity index (χ2v) is 19.4. The van der Waals surface area contributed by atoms with Crippen molar-refractivity contribution in [2.24, 2.45) is 5.41 Å². The molecule has 0 saturated heterocycles. The first kappa shape index (κ1) is 36.0. The number of benzene rings is 3. The first-order valence-electron chi connectivity index (χ1n) is 16.2. The molecule has 2 atom stereocenters. The maximum atomic E-state index is 15.8. The molecule has 0 radical (unpaired) electrons. The molecule has 5 rings (SSSR count). The molecule has 0 fully saturated rings. The molecular formula is C39H44BrF3N2O2Si. The van der Waals surface area contributed by atoms with Crippen LogP contribution >= 0.6 is 15.9 Å². The predicted octanol–water partition coefficient (Wildman–Crippen LogP) is 10.1. The number of aromatic nitrogens is 2. The van der Waals surface area contributed by atoms with E-state index in [0.717, 1.165) is 14.6 Å². The molecule has 0 saturated carbocycles. The van der Waals surface area contributed by atoms with Gasteiger partial charge in [0.25, 0.3) is 14.7 Å². The molecule has 4 nitrogen and oxygen atoms in total. The summed E-state index contributed by atoms with van der Waals surface area (Å²) in [7, 11) is -1.30. The molecule has 254 valence electrons. The topological polar surface area (TPSA) is 36.3 Å². The first-order valence-corrected chi connectivity index (χ1v) is 18.9. The molecule has 0 aliphatic heterocycles. The number of hydrogen-bond donors (Lipinski definition) is 0. The summed E-state index contributed by atoms with van der Waals surface area (Å²) >= 11 is 3.58. The lowest BCUT2D eigenvalue weighted by Crippen LogP contribution is -2.67. The number of fused-ring (bicyclic) bond motifs is 1. The van der Waals surface area contributed by atoms with Crippen LogP contribution in [0.5, 0.6) is 0 Å². The maximum absolute atomic E-state index is 15.8. The smallest absolute Gasteiger partial charge is 0.288 e. The van der Waals surface area contributed by atoms with Gasteiger partial charge in [0, 0.05) is 35.3 Å². The lowest BCUT2D eigenvalue weighted by Gasteiger charge is -2.44. The van der Waals surface area contributed by atoms with Crippen LogP contribution in [0.4, 0.5) is 13.2 Å². The first-order chi connectivity index (χ1) is 22.7. The van der Waals surface area contributed by atoms with E-state index in [4.69, 9.17) is 9.16 Å². The molecule has 9 heteroatoms. The number of nitrogens with zero attached hydrogens (tertiary/aromatic N) is 2. The summed E-state index contributed by atoms with van der Waals surface area (Å²) < 4.78 is 59.4. The Morgan fingerprint density at radius 3 is 2.00 bits per heavy atom. The Kier molecular flexibility index (Phi) is 10.7. The Hall–Kier alpha value is -3.24. The fourth-order valence-electron chi connectivity index (χ4n) is 6.84. The number of alkyl halides is 3. The lowest BCUT2D eigenvalue weighted by atomic mass is 9.84. The van der Waals surface area contributed by atoms with Crippen LogP contribution in [0.1, 0.15) is 65.2 Å².